The van der Waals surface area contributed by atoms with E-state index < -0.39 is 0 Å². The minimum absolute atomic E-state index is 0.156. The van der Waals surface area contributed by atoms with Gasteiger partial charge in [0, 0.05) is 36.1 Å². The zero-order valence-electron chi connectivity index (χ0n) is 12.8. The molecule has 1 aromatic carbocycles. The molecule has 2 heteroatoms. The second kappa shape index (κ2) is 5.51. The number of rotatable bonds is 3. The van der Waals surface area contributed by atoms with E-state index in [0.29, 0.717) is 0 Å². The Balaban J connectivity index is 1.93. The molecule has 0 amide bonds. The molecule has 0 bridgehead atoms. The summed E-state index contributed by atoms with van der Waals surface area (Å²) in [5, 5.41) is 3.68. The van der Waals surface area contributed by atoms with Gasteiger partial charge in [0.2, 0.25) is 0 Å². The molecular weight excluding hydrogens is 244 g/mol. The number of nitrogens with one attached hydrogen (secondary N) is 1. The lowest BCUT2D eigenvalue weighted by atomic mass is 9.78. The van der Waals surface area contributed by atoms with Crippen LogP contribution in [0.4, 0.5) is 5.69 Å². The Morgan fingerprint density at radius 3 is 2.70 bits per heavy atom. The maximum Gasteiger partial charge on any atom is 0.0424 e. The normalized spacial score (nSPS) is 27.5. The molecule has 1 aromatic rings. The molecular formula is C18H26N2. The number of benzene rings is 1. The molecule has 2 aliphatic rings. The highest BCUT2D eigenvalue weighted by atomic mass is 15.1. The monoisotopic (exact) mass is 270 g/mol. The summed E-state index contributed by atoms with van der Waals surface area (Å²) in [7, 11) is 0. The van der Waals surface area contributed by atoms with Gasteiger partial charge in [-0.1, -0.05) is 31.5 Å². The van der Waals surface area contributed by atoms with Crippen LogP contribution in [0.15, 0.2) is 36.2 Å². The highest BCUT2D eigenvalue weighted by molar-refractivity contribution is 5.67. The molecule has 1 N–H and O–H groups in total. The Bertz CT molecular complexity index is 500. The molecule has 0 aromatic heterocycles. The van der Waals surface area contributed by atoms with Crippen molar-refractivity contribution in [2.75, 3.05) is 18.4 Å². The fraction of sp³-hybridized carbons (Fsp3) is 0.556. The Morgan fingerprint density at radius 2 is 1.95 bits per heavy atom. The van der Waals surface area contributed by atoms with Crippen LogP contribution in [0, 0.1) is 0 Å². The van der Waals surface area contributed by atoms with Gasteiger partial charge in [0.15, 0.2) is 0 Å². The summed E-state index contributed by atoms with van der Waals surface area (Å²) in [6.45, 7) is 7.10. The molecule has 2 nitrogen and oxygen atoms in total. The van der Waals surface area contributed by atoms with Crippen LogP contribution >= 0.6 is 0 Å². The van der Waals surface area contributed by atoms with Crippen LogP contribution in [-0.2, 0) is 5.41 Å². The van der Waals surface area contributed by atoms with Gasteiger partial charge in [0.25, 0.3) is 0 Å². The van der Waals surface area contributed by atoms with Crippen molar-refractivity contribution in [2.24, 2.45) is 0 Å². The van der Waals surface area contributed by atoms with E-state index in [-0.39, 0.29) is 5.41 Å². The average Bonchev–Trinajstić information content (AvgIpc) is 2.74. The van der Waals surface area contributed by atoms with Crippen LogP contribution in [0.5, 0.6) is 0 Å². The maximum atomic E-state index is 3.68. The molecule has 0 saturated carbocycles. The molecule has 0 spiro atoms. The lowest BCUT2D eigenvalue weighted by Gasteiger charge is -2.30. The smallest absolute Gasteiger partial charge is 0.0424 e. The summed E-state index contributed by atoms with van der Waals surface area (Å²) in [6, 6.07) is 8.79. The lowest BCUT2D eigenvalue weighted by molar-refractivity contribution is 0.304. The molecule has 0 radical (unpaired) electrons. The summed E-state index contributed by atoms with van der Waals surface area (Å²) in [6.07, 6.45) is 8.87. The molecule has 1 fully saturated rings. The highest BCUT2D eigenvalue weighted by Gasteiger charge is 2.38. The van der Waals surface area contributed by atoms with Gasteiger partial charge in [0.05, 0.1) is 0 Å². The van der Waals surface area contributed by atoms with E-state index >= 15 is 0 Å². The van der Waals surface area contributed by atoms with Crippen LogP contribution in [0.25, 0.3) is 0 Å². The molecule has 2 aliphatic heterocycles. The maximum absolute atomic E-state index is 3.68. The predicted molar refractivity (Wildman–Crippen MR) is 85.8 cm³/mol. The summed E-state index contributed by atoms with van der Waals surface area (Å²) < 4.78 is 0. The summed E-state index contributed by atoms with van der Waals surface area (Å²) in [4.78, 5) is 2.51. The molecule has 1 atom stereocenters. The van der Waals surface area contributed by atoms with Crippen molar-refractivity contribution in [1.82, 2.24) is 4.90 Å². The van der Waals surface area contributed by atoms with Crippen molar-refractivity contribution in [3.8, 4) is 0 Å². The first-order valence-corrected chi connectivity index (χ1v) is 8.07. The van der Waals surface area contributed by atoms with Gasteiger partial charge in [-0.15, -0.1) is 0 Å². The minimum Gasteiger partial charge on any atom is -0.376 e. The van der Waals surface area contributed by atoms with E-state index in [0.717, 1.165) is 0 Å². The van der Waals surface area contributed by atoms with Gasteiger partial charge in [-0.05, 0) is 44.2 Å². The van der Waals surface area contributed by atoms with E-state index in [1.807, 2.05) is 0 Å². The van der Waals surface area contributed by atoms with Gasteiger partial charge >= 0.3 is 0 Å². The summed E-state index contributed by atoms with van der Waals surface area (Å²) in [5.41, 5.74) is 4.31. The lowest BCUT2D eigenvalue weighted by Crippen LogP contribution is -2.29. The van der Waals surface area contributed by atoms with Crippen molar-refractivity contribution >= 4 is 5.69 Å². The van der Waals surface area contributed by atoms with Crippen molar-refractivity contribution in [3.63, 3.8) is 0 Å². The number of anilines is 1. The van der Waals surface area contributed by atoms with Gasteiger partial charge in [0.1, 0.15) is 0 Å². The van der Waals surface area contributed by atoms with Gasteiger partial charge in [-0.3, -0.25) is 0 Å². The third kappa shape index (κ3) is 2.32. The van der Waals surface area contributed by atoms with Crippen LogP contribution in [0.2, 0.25) is 0 Å². The van der Waals surface area contributed by atoms with E-state index in [2.05, 4.69) is 54.5 Å². The number of hydrogen-bond acceptors (Lipinski definition) is 2. The van der Waals surface area contributed by atoms with Gasteiger partial charge in [-0.2, -0.15) is 0 Å². The fourth-order valence-corrected chi connectivity index (χ4v) is 3.68. The molecule has 1 saturated heterocycles. The average molecular weight is 270 g/mol. The molecule has 108 valence electrons. The zero-order valence-corrected chi connectivity index (χ0v) is 12.8. The molecule has 2 heterocycles. The summed E-state index contributed by atoms with van der Waals surface area (Å²) in [5.74, 6) is 0. The number of piperidine rings is 1. The SMILES string of the molecule is CCCC1(C)/C(=C\N2CCCCC2)Nc2ccccc21. The number of nitrogens with zero attached hydrogens (tertiary/aromatic N) is 1. The first-order chi connectivity index (χ1) is 9.74. The molecule has 0 aliphatic carbocycles. The first-order valence-electron chi connectivity index (χ1n) is 8.07. The van der Waals surface area contributed by atoms with Crippen molar-refractivity contribution < 1.29 is 0 Å². The predicted octanol–water partition coefficient (Wildman–Crippen LogP) is 4.50. The van der Waals surface area contributed by atoms with Crippen molar-refractivity contribution in [1.29, 1.82) is 0 Å². The van der Waals surface area contributed by atoms with Crippen LogP contribution in [-0.4, -0.2) is 18.0 Å². The Labute approximate surface area is 122 Å². The fourth-order valence-electron chi connectivity index (χ4n) is 3.68. The summed E-state index contributed by atoms with van der Waals surface area (Å²) >= 11 is 0. The number of likely N-dealkylation sites (tertiary alicyclic amines) is 1. The van der Waals surface area contributed by atoms with Crippen molar-refractivity contribution in [2.45, 2.75) is 51.4 Å². The van der Waals surface area contributed by atoms with E-state index in [1.54, 1.807) is 0 Å². The second-order valence-electron chi connectivity index (χ2n) is 6.39. The number of fused-ring (bicyclic) bond motifs is 1. The molecule has 3 rings (SSSR count). The van der Waals surface area contributed by atoms with E-state index in [1.165, 1.54) is 62.1 Å². The number of allylic oxidation sites excluding steroid dienone is 1. The van der Waals surface area contributed by atoms with E-state index in [4.69, 9.17) is 0 Å². The molecule has 1 unspecified atom stereocenters. The second-order valence-corrected chi connectivity index (χ2v) is 6.39. The minimum atomic E-state index is 0.156. The first kappa shape index (κ1) is 13.5. The number of para-hydroxylation sites is 1. The zero-order chi connectivity index (χ0) is 14.0. The van der Waals surface area contributed by atoms with Crippen molar-refractivity contribution in [3.05, 3.63) is 41.7 Å². The number of hydrogen-bond donors (Lipinski definition) is 1. The van der Waals surface area contributed by atoms with Crippen LogP contribution < -0.4 is 5.32 Å². The van der Waals surface area contributed by atoms with Gasteiger partial charge < -0.3 is 10.2 Å². The van der Waals surface area contributed by atoms with Gasteiger partial charge in [-0.25, -0.2) is 0 Å². The Morgan fingerprint density at radius 1 is 1.20 bits per heavy atom. The largest absolute Gasteiger partial charge is 0.376 e. The standard InChI is InChI=1S/C18H26N2/c1-3-11-18(2)15-9-5-6-10-16(15)19-17(18)14-20-12-7-4-8-13-20/h5-6,9-10,14,19H,3-4,7-8,11-13H2,1-2H3/b17-14+. The Hall–Kier alpha value is -1.44. The third-order valence-corrected chi connectivity index (χ3v) is 4.84. The topological polar surface area (TPSA) is 15.3 Å². The van der Waals surface area contributed by atoms with E-state index in [9.17, 15) is 0 Å². The molecule has 20 heavy (non-hydrogen) atoms. The van der Waals surface area contributed by atoms with Crippen LogP contribution in [0.3, 0.4) is 0 Å². The third-order valence-electron chi connectivity index (χ3n) is 4.84. The van der Waals surface area contributed by atoms with Crippen LogP contribution in [0.1, 0.15) is 51.5 Å². The quantitative estimate of drug-likeness (QED) is 0.870. The highest BCUT2D eigenvalue weighted by Crippen LogP contribution is 2.46. The Kier molecular flexibility index (Phi) is 3.73.